The number of halogens is 2. The van der Waals surface area contributed by atoms with Gasteiger partial charge in [0.25, 0.3) is 0 Å². The fraction of sp³-hybridized carbons (Fsp3) is 0.0952. The van der Waals surface area contributed by atoms with Crippen LogP contribution in [0.5, 0.6) is 5.75 Å². The molecule has 0 N–H and O–H groups in total. The molecule has 0 aliphatic heterocycles. The summed E-state index contributed by atoms with van der Waals surface area (Å²) in [6, 6.07) is 24.6. The van der Waals surface area contributed by atoms with Crippen molar-refractivity contribution >= 4 is 29.2 Å². The zero-order chi connectivity index (χ0) is 17.6. The first-order valence-electron chi connectivity index (χ1n) is 7.89. The quantitative estimate of drug-likeness (QED) is 0.399. The Morgan fingerprint density at radius 2 is 1.36 bits per heavy atom. The third kappa shape index (κ3) is 4.62. The van der Waals surface area contributed by atoms with Crippen molar-refractivity contribution in [1.82, 2.24) is 0 Å². The summed E-state index contributed by atoms with van der Waals surface area (Å²) in [5, 5.41) is 0.780. The van der Waals surface area contributed by atoms with E-state index in [0.29, 0.717) is 15.8 Å². The molecule has 0 aliphatic carbocycles. The Labute approximate surface area is 157 Å². The van der Waals surface area contributed by atoms with Crippen LogP contribution in [0, 0.1) is 0 Å². The van der Waals surface area contributed by atoms with Crippen molar-refractivity contribution < 1.29 is 9.53 Å². The van der Waals surface area contributed by atoms with Gasteiger partial charge in [0, 0.05) is 12.0 Å². The molecule has 25 heavy (non-hydrogen) atoms. The smallest absolute Gasteiger partial charge is 0.312 e. The van der Waals surface area contributed by atoms with E-state index < -0.39 is 0 Å². The lowest BCUT2D eigenvalue weighted by atomic mass is 9.89. The molecule has 0 atom stereocenters. The van der Waals surface area contributed by atoms with E-state index in [-0.39, 0.29) is 18.3 Å². The van der Waals surface area contributed by atoms with E-state index in [4.69, 9.17) is 27.9 Å². The molecule has 3 aromatic rings. The van der Waals surface area contributed by atoms with Gasteiger partial charge in [-0.2, -0.15) is 0 Å². The molecule has 126 valence electrons. The average molecular weight is 371 g/mol. The van der Waals surface area contributed by atoms with Gasteiger partial charge in [0.05, 0.1) is 16.5 Å². The van der Waals surface area contributed by atoms with Crippen molar-refractivity contribution in [2.75, 3.05) is 0 Å². The largest absolute Gasteiger partial charge is 0.426 e. The maximum Gasteiger partial charge on any atom is 0.312 e. The molecule has 2 nitrogen and oxygen atoms in total. The third-order valence-electron chi connectivity index (χ3n) is 3.90. The second-order valence-corrected chi connectivity index (χ2v) is 6.44. The van der Waals surface area contributed by atoms with Crippen LogP contribution in [0.15, 0.2) is 78.9 Å². The Morgan fingerprint density at radius 3 is 1.88 bits per heavy atom. The second-order valence-electron chi connectivity index (χ2n) is 5.63. The van der Waals surface area contributed by atoms with E-state index in [1.54, 1.807) is 18.2 Å². The summed E-state index contributed by atoms with van der Waals surface area (Å²) in [4.78, 5) is 12.5. The summed E-state index contributed by atoms with van der Waals surface area (Å²) in [7, 11) is 0. The van der Waals surface area contributed by atoms with Crippen LogP contribution in [0.2, 0.25) is 10.0 Å². The SMILES string of the molecule is O=C(CC(c1ccccc1)c1ccccc1)Oc1ccc(Cl)c(Cl)c1. The minimum Gasteiger partial charge on any atom is -0.426 e. The molecule has 0 aromatic heterocycles. The molecule has 4 heteroatoms. The summed E-state index contributed by atoms with van der Waals surface area (Å²) >= 11 is 11.9. The molecule has 0 saturated carbocycles. The predicted molar refractivity (Wildman–Crippen MR) is 101 cm³/mol. The van der Waals surface area contributed by atoms with Crippen LogP contribution in [-0.2, 0) is 4.79 Å². The summed E-state index contributed by atoms with van der Waals surface area (Å²) in [6.45, 7) is 0. The maximum absolute atomic E-state index is 12.5. The maximum atomic E-state index is 12.5. The van der Waals surface area contributed by atoms with Gasteiger partial charge in [-0.05, 0) is 23.3 Å². The number of benzene rings is 3. The first kappa shape index (κ1) is 17.5. The number of ether oxygens (including phenoxy) is 1. The van der Waals surface area contributed by atoms with E-state index >= 15 is 0 Å². The average Bonchev–Trinajstić information content (AvgIpc) is 2.64. The molecule has 0 bridgehead atoms. The first-order chi connectivity index (χ1) is 12.1. The minimum absolute atomic E-state index is 0.0716. The van der Waals surface area contributed by atoms with Gasteiger partial charge in [0.2, 0.25) is 0 Å². The standard InChI is InChI=1S/C21H16Cl2O2/c22-19-12-11-17(13-20(19)23)25-21(24)14-18(15-7-3-1-4-8-15)16-9-5-2-6-10-16/h1-13,18H,14H2. The monoisotopic (exact) mass is 370 g/mol. The van der Waals surface area contributed by atoms with E-state index in [1.807, 2.05) is 60.7 Å². The highest BCUT2D eigenvalue weighted by atomic mass is 35.5. The topological polar surface area (TPSA) is 26.3 Å². The molecule has 0 spiro atoms. The lowest BCUT2D eigenvalue weighted by Gasteiger charge is -2.17. The molecule has 0 heterocycles. The lowest BCUT2D eigenvalue weighted by Crippen LogP contribution is -2.14. The molecule has 0 aliphatic rings. The Kier molecular flexibility index (Phi) is 5.75. The number of carbonyl (C=O) groups excluding carboxylic acids is 1. The van der Waals surface area contributed by atoms with Crippen molar-refractivity contribution in [3.8, 4) is 5.75 Å². The first-order valence-corrected chi connectivity index (χ1v) is 8.64. The Hall–Kier alpha value is -2.29. The number of esters is 1. The lowest BCUT2D eigenvalue weighted by molar-refractivity contribution is -0.134. The highest BCUT2D eigenvalue weighted by Crippen LogP contribution is 2.30. The van der Waals surface area contributed by atoms with Gasteiger partial charge >= 0.3 is 5.97 Å². The zero-order valence-corrected chi connectivity index (χ0v) is 14.9. The van der Waals surface area contributed by atoms with E-state index in [1.165, 1.54) is 0 Å². The van der Waals surface area contributed by atoms with E-state index in [0.717, 1.165) is 11.1 Å². The molecule has 3 rings (SSSR count). The third-order valence-corrected chi connectivity index (χ3v) is 4.64. The number of rotatable bonds is 5. The number of hydrogen-bond acceptors (Lipinski definition) is 2. The van der Waals surface area contributed by atoms with Gasteiger partial charge in [-0.1, -0.05) is 83.9 Å². The highest BCUT2D eigenvalue weighted by Gasteiger charge is 2.19. The van der Waals surface area contributed by atoms with Gasteiger partial charge in [-0.3, -0.25) is 4.79 Å². The molecule has 0 fully saturated rings. The fourth-order valence-electron chi connectivity index (χ4n) is 2.68. The summed E-state index contributed by atoms with van der Waals surface area (Å²) in [6.07, 6.45) is 0.230. The van der Waals surface area contributed by atoms with Crippen LogP contribution in [0.3, 0.4) is 0 Å². The molecule has 0 unspecified atom stereocenters. The zero-order valence-electron chi connectivity index (χ0n) is 13.4. The van der Waals surface area contributed by atoms with Crippen LogP contribution in [0.1, 0.15) is 23.5 Å². The molecule has 3 aromatic carbocycles. The van der Waals surface area contributed by atoms with Gasteiger partial charge in [0.1, 0.15) is 5.75 Å². The Balaban J connectivity index is 1.80. The van der Waals surface area contributed by atoms with Crippen LogP contribution < -0.4 is 4.74 Å². The van der Waals surface area contributed by atoms with Crippen molar-refractivity contribution in [3.05, 3.63) is 100 Å². The fourth-order valence-corrected chi connectivity index (χ4v) is 2.97. The van der Waals surface area contributed by atoms with Crippen LogP contribution in [0.25, 0.3) is 0 Å². The predicted octanol–water partition coefficient (Wildman–Crippen LogP) is 6.12. The van der Waals surface area contributed by atoms with Crippen molar-refractivity contribution in [3.63, 3.8) is 0 Å². The van der Waals surface area contributed by atoms with Crippen molar-refractivity contribution in [2.45, 2.75) is 12.3 Å². The van der Waals surface area contributed by atoms with Crippen molar-refractivity contribution in [1.29, 1.82) is 0 Å². The normalized spacial score (nSPS) is 10.7. The van der Waals surface area contributed by atoms with E-state index in [2.05, 4.69) is 0 Å². The molecular weight excluding hydrogens is 355 g/mol. The minimum atomic E-state index is -0.323. The highest BCUT2D eigenvalue weighted by molar-refractivity contribution is 6.42. The van der Waals surface area contributed by atoms with E-state index in [9.17, 15) is 4.79 Å². The van der Waals surface area contributed by atoms with Crippen LogP contribution in [0.4, 0.5) is 0 Å². The van der Waals surface area contributed by atoms with Gasteiger partial charge < -0.3 is 4.74 Å². The van der Waals surface area contributed by atoms with Gasteiger partial charge in [-0.25, -0.2) is 0 Å². The van der Waals surface area contributed by atoms with Crippen LogP contribution >= 0.6 is 23.2 Å². The summed E-state index contributed by atoms with van der Waals surface area (Å²) in [5.74, 6) is -0.00644. The van der Waals surface area contributed by atoms with Crippen molar-refractivity contribution in [2.24, 2.45) is 0 Å². The number of hydrogen-bond donors (Lipinski definition) is 0. The molecule has 0 saturated heterocycles. The molecule has 0 radical (unpaired) electrons. The Bertz CT molecular complexity index is 809. The molecular formula is C21H16Cl2O2. The van der Waals surface area contributed by atoms with Crippen LogP contribution in [-0.4, -0.2) is 5.97 Å². The summed E-state index contributed by atoms with van der Waals surface area (Å²) in [5.41, 5.74) is 2.14. The molecule has 0 amide bonds. The second kappa shape index (κ2) is 8.19. The van der Waals surface area contributed by atoms with Gasteiger partial charge in [-0.15, -0.1) is 0 Å². The van der Waals surface area contributed by atoms with Gasteiger partial charge in [0.15, 0.2) is 0 Å². The Morgan fingerprint density at radius 1 is 0.800 bits per heavy atom. The number of carbonyl (C=O) groups is 1. The summed E-state index contributed by atoms with van der Waals surface area (Å²) < 4.78 is 5.44.